The van der Waals surface area contributed by atoms with Crippen molar-refractivity contribution in [3.8, 4) is 44.5 Å². The largest absolute Gasteiger partial charge is 0.308 e. The fourth-order valence-electron chi connectivity index (χ4n) is 12.5. The molecule has 2 nitrogen and oxygen atoms in total. The number of para-hydroxylation sites is 4. The van der Waals surface area contributed by atoms with Crippen molar-refractivity contribution in [2.75, 3.05) is 9.80 Å². The average molecular weight is 921 g/mol. The molecule has 4 heterocycles. The molecule has 0 N–H and O–H groups in total. The van der Waals surface area contributed by atoms with E-state index in [1.165, 1.54) is 133 Å². The van der Waals surface area contributed by atoms with E-state index in [0.29, 0.717) is 0 Å². The zero-order chi connectivity index (χ0) is 48.2. The lowest BCUT2D eigenvalue weighted by Gasteiger charge is -2.34. The van der Waals surface area contributed by atoms with Gasteiger partial charge in [0.25, 0.3) is 0 Å². The Labute approximate surface area is 422 Å². The summed E-state index contributed by atoms with van der Waals surface area (Å²) in [5, 5.41) is 7.66. The second-order valence-corrected chi connectivity index (χ2v) is 20.1. The van der Waals surface area contributed by atoms with E-state index in [0.717, 1.165) is 11.4 Å². The van der Waals surface area contributed by atoms with Gasteiger partial charge in [-0.2, -0.15) is 0 Å². The zero-order valence-corrected chi connectivity index (χ0v) is 41.0. The molecule has 2 atom stereocenters. The van der Waals surface area contributed by atoms with E-state index in [4.69, 9.17) is 0 Å². The molecule has 0 saturated heterocycles. The topological polar surface area (TPSA) is 6.48 Å². The third kappa shape index (κ3) is 6.35. The number of aryl methyl sites for hydroxylation is 2. The van der Waals surface area contributed by atoms with Crippen molar-refractivity contribution in [2.24, 2.45) is 0 Å². The van der Waals surface area contributed by atoms with Gasteiger partial charge in [0.05, 0.1) is 34.1 Å². The normalized spacial score (nSPS) is 14.9. The molecule has 72 heavy (non-hydrogen) atoms. The van der Waals surface area contributed by atoms with Crippen molar-refractivity contribution in [1.29, 1.82) is 0 Å². The van der Waals surface area contributed by atoms with Crippen LogP contribution in [-0.2, 0) is 0 Å². The number of benzene rings is 12. The lowest BCUT2D eigenvalue weighted by molar-refractivity contribution is 0.932. The minimum atomic E-state index is 0.102. The van der Waals surface area contributed by atoms with E-state index < -0.39 is 0 Å². The monoisotopic (exact) mass is 920 g/mol. The van der Waals surface area contributed by atoms with Gasteiger partial charge >= 0.3 is 0 Å². The van der Waals surface area contributed by atoms with E-state index in [1.54, 1.807) is 0 Å². The fourth-order valence-corrected chi connectivity index (χ4v) is 12.5. The Hall–Kier alpha value is -8.72. The van der Waals surface area contributed by atoms with Gasteiger partial charge in [-0.15, -0.1) is 0 Å². The molecule has 8 bridgehead atoms. The minimum absolute atomic E-state index is 0.102. The van der Waals surface area contributed by atoms with Gasteiger partial charge in [-0.05, 0) is 115 Å². The van der Waals surface area contributed by atoms with Crippen LogP contribution in [0.25, 0.3) is 76.8 Å². The standard InChI is InChI=1S/C70H52N2/c1-43-17-15-25-55-51-33-29-47(30-34-51)45(3)61-41-65(71(69(43)55)63-27-13-11-23-53(63)49-19-7-5-8-20-49)59-39-37-58-62-42-66(60-40-38-57(61)67(59)68(58)60)72(64-28-14-12-24-54(64)50-21-9-6-10-22-50)70-44(2)18-16-26-56(70)52-35-31-48(32-36-52)46(62)4/h5-42,45-46H,1-4H3. The summed E-state index contributed by atoms with van der Waals surface area (Å²) in [5.74, 6) is 0.204. The van der Waals surface area contributed by atoms with E-state index in [2.05, 4.69) is 268 Å². The molecule has 12 aromatic rings. The quantitative estimate of drug-likeness (QED) is 0.162. The molecule has 0 radical (unpaired) electrons. The van der Waals surface area contributed by atoms with Crippen LogP contribution in [0, 0.1) is 13.8 Å². The van der Waals surface area contributed by atoms with Crippen molar-refractivity contribution in [3.05, 3.63) is 264 Å². The van der Waals surface area contributed by atoms with Gasteiger partial charge in [0.1, 0.15) is 0 Å². The number of hydrogen-bond acceptors (Lipinski definition) is 2. The Morgan fingerprint density at radius 3 is 1.06 bits per heavy atom. The molecular weight excluding hydrogens is 869 g/mol. The maximum atomic E-state index is 2.61. The second kappa shape index (κ2) is 16.4. The number of anilines is 6. The van der Waals surface area contributed by atoms with Gasteiger partial charge in [0.2, 0.25) is 0 Å². The Balaban J connectivity index is 1.17. The number of fused-ring (bicyclic) bond motifs is 4. The first-order chi connectivity index (χ1) is 35.4. The SMILES string of the molecule is Cc1cccc2c1N(c1ccccc1-c1ccccc1)c1cc(c3ccc4c5cc(c6ccc1c3c64)C(C)c1ccc(cc1)-c1cccc(C)c1N5c1ccccc1-c1ccccc1)C(C)c1ccc-2cc1. The van der Waals surface area contributed by atoms with E-state index in [-0.39, 0.29) is 11.8 Å². The molecule has 0 amide bonds. The Morgan fingerprint density at radius 2 is 0.639 bits per heavy atom. The number of hydrogen-bond donors (Lipinski definition) is 0. The van der Waals surface area contributed by atoms with Crippen LogP contribution in [0.5, 0.6) is 0 Å². The van der Waals surface area contributed by atoms with E-state index in [9.17, 15) is 0 Å². The van der Waals surface area contributed by atoms with E-state index in [1.807, 2.05) is 0 Å². The summed E-state index contributed by atoms with van der Waals surface area (Å²) in [4.78, 5) is 5.23. The molecular formula is C70H52N2. The predicted molar refractivity (Wildman–Crippen MR) is 306 cm³/mol. The summed E-state index contributed by atoms with van der Waals surface area (Å²) in [6.07, 6.45) is 0. The van der Waals surface area contributed by atoms with Crippen LogP contribution in [0.4, 0.5) is 34.1 Å². The molecule has 2 heteroatoms. The Bertz CT molecular complexity index is 3810. The second-order valence-electron chi connectivity index (χ2n) is 20.1. The van der Waals surface area contributed by atoms with Crippen molar-refractivity contribution in [3.63, 3.8) is 0 Å². The van der Waals surface area contributed by atoms with Crippen LogP contribution in [-0.4, -0.2) is 0 Å². The molecule has 0 saturated carbocycles. The highest BCUT2D eigenvalue weighted by Gasteiger charge is 2.32. The van der Waals surface area contributed by atoms with Crippen LogP contribution >= 0.6 is 0 Å². The molecule has 0 fully saturated rings. The van der Waals surface area contributed by atoms with Crippen LogP contribution in [0.15, 0.2) is 231 Å². The molecule has 16 rings (SSSR count). The molecule has 4 aliphatic heterocycles. The van der Waals surface area contributed by atoms with E-state index >= 15 is 0 Å². The molecule has 0 spiro atoms. The average Bonchev–Trinajstić information content (AvgIpc) is 3.48. The summed E-state index contributed by atoms with van der Waals surface area (Å²) in [5.41, 5.74) is 24.3. The van der Waals surface area contributed by atoms with Crippen LogP contribution in [0.3, 0.4) is 0 Å². The highest BCUT2D eigenvalue weighted by Crippen LogP contribution is 2.56. The summed E-state index contributed by atoms with van der Waals surface area (Å²) in [6.45, 7) is 9.38. The summed E-state index contributed by atoms with van der Waals surface area (Å²) in [6, 6.07) is 87.2. The summed E-state index contributed by atoms with van der Waals surface area (Å²) >= 11 is 0. The summed E-state index contributed by atoms with van der Waals surface area (Å²) in [7, 11) is 0. The highest BCUT2D eigenvalue weighted by molar-refractivity contribution is 6.30. The van der Waals surface area contributed by atoms with Crippen LogP contribution in [0.2, 0.25) is 0 Å². The molecule has 342 valence electrons. The first kappa shape index (κ1) is 42.2. The van der Waals surface area contributed by atoms with Gasteiger partial charge < -0.3 is 9.80 Å². The van der Waals surface area contributed by atoms with Gasteiger partial charge in [-0.1, -0.05) is 220 Å². The van der Waals surface area contributed by atoms with Crippen molar-refractivity contribution >= 4 is 66.4 Å². The highest BCUT2D eigenvalue weighted by atomic mass is 15.2. The van der Waals surface area contributed by atoms with Crippen molar-refractivity contribution < 1.29 is 0 Å². The smallest absolute Gasteiger partial charge is 0.0569 e. The third-order valence-electron chi connectivity index (χ3n) is 16.2. The Kier molecular flexibility index (Phi) is 9.63. The molecule has 2 unspecified atom stereocenters. The first-order valence-electron chi connectivity index (χ1n) is 25.5. The Morgan fingerprint density at radius 1 is 0.292 bits per heavy atom. The first-order valence-corrected chi connectivity index (χ1v) is 25.5. The number of nitrogens with zero attached hydrogens (tertiary/aromatic N) is 2. The molecule has 4 aliphatic rings. The minimum Gasteiger partial charge on any atom is -0.308 e. The molecule has 12 aromatic carbocycles. The lowest BCUT2D eigenvalue weighted by atomic mass is 9.81. The van der Waals surface area contributed by atoms with Gasteiger partial charge in [0, 0.05) is 44.9 Å². The number of rotatable bonds is 4. The zero-order valence-electron chi connectivity index (χ0n) is 41.0. The van der Waals surface area contributed by atoms with Crippen molar-refractivity contribution in [2.45, 2.75) is 39.5 Å². The van der Waals surface area contributed by atoms with Gasteiger partial charge in [-0.3, -0.25) is 0 Å². The lowest BCUT2D eigenvalue weighted by Crippen LogP contribution is -2.16. The maximum absolute atomic E-state index is 2.61. The summed E-state index contributed by atoms with van der Waals surface area (Å²) < 4.78 is 0. The van der Waals surface area contributed by atoms with Gasteiger partial charge in [0.15, 0.2) is 0 Å². The fraction of sp³-hybridized carbons (Fsp3) is 0.0857. The van der Waals surface area contributed by atoms with Crippen molar-refractivity contribution in [1.82, 2.24) is 0 Å². The predicted octanol–water partition coefficient (Wildman–Crippen LogP) is 19.7. The van der Waals surface area contributed by atoms with Crippen LogP contribution in [0.1, 0.15) is 59.1 Å². The maximum Gasteiger partial charge on any atom is 0.0569 e. The van der Waals surface area contributed by atoms with Gasteiger partial charge in [-0.25, -0.2) is 0 Å². The van der Waals surface area contributed by atoms with Crippen LogP contribution < -0.4 is 9.80 Å². The third-order valence-corrected chi connectivity index (χ3v) is 16.2. The molecule has 0 aliphatic carbocycles. The molecule has 0 aromatic heterocycles.